The molecule has 2 heterocycles. The summed E-state index contributed by atoms with van der Waals surface area (Å²) in [6, 6.07) is 8.14. The molecule has 0 bridgehead atoms. The number of nitrogens with zero attached hydrogens (tertiary/aromatic N) is 3. The maximum absolute atomic E-state index is 12.9. The number of hydrogen-bond donors (Lipinski definition) is 1. The molecule has 0 saturated carbocycles. The number of carbonyl (C=O) groups excluding carboxylic acids is 2. The van der Waals surface area contributed by atoms with Gasteiger partial charge in [-0.05, 0) is 42.9 Å². The van der Waals surface area contributed by atoms with E-state index in [4.69, 9.17) is 4.98 Å². The van der Waals surface area contributed by atoms with Crippen LogP contribution < -0.4 is 10.2 Å². The summed E-state index contributed by atoms with van der Waals surface area (Å²) >= 11 is 1.72. The summed E-state index contributed by atoms with van der Waals surface area (Å²) in [5.41, 5.74) is 3.26. The number of nitrogens with one attached hydrogen (secondary N) is 1. The maximum Gasteiger partial charge on any atom is 0.227 e. The first-order valence-electron chi connectivity index (χ1n) is 10.8. The number of anilines is 2. The van der Waals surface area contributed by atoms with Crippen molar-refractivity contribution in [3.8, 4) is 0 Å². The molecule has 6 nitrogen and oxygen atoms in total. The molecule has 7 heteroatoms. The number of aromatic nitrogens is 1. The smallest absolute Gasteiger partial charge is 0.227 e. The number of aryl methyl sites for hydroxylation is 1. The van der Waals surface area contributed by atoms with E-state index in [1.807, 2.05) is 17.0 Å². The van der Waals surface area contributed by atoms with E-state index in [2.05, 4.69) is 36.2 Å². The van der Waals surface area contributed by atoms with Crippen molar-refractivity contribution in [2.75, 3.05) is 36.4 Å². The number of rotatable bonds is 4. The second kappa shape index (κ2) is 8.76. The van der Waals surface area contributed by atoms with Crippen LogP contribution in [0.15, 0.2) is 24.3 Å². The standard InChI is InChI=1S/C23H30N4O2S/c1-15(2)17-5-4-6-19(13-17)24-22(29)18-7-8-20-21(14-18)30-23(25-20)27-11-9-26(10-12-27)16(3)28/h4-6,13,15,18H,7-12,14H2,1-3H3,(H,24,29)/t18-/m1/s1. The molecule has 1 saturated heterocycles. The number of hydrogen-bond acceptors (Lipinski definition) is 5. The fourth-order valence-corrected chi connectivity index (χ4v) is 5.39. The molecule has 1 aliphatic heterocycles. The van der Waals surface area contributed by atoms with Crippen molar-refractivity contribution < 1.29 is 9.59 Å². The van der Waals surface area contributed by atoms with E-state index in [0.29, 0.717) is 5.92 Å². The highest BCUT2D eigenvalue weighted by Gasteiger charge is 2.29. The van der Waals surface area contributed by atoms with Gasteiger partial charge in [-0.2, -0.15) is 0 Å². The van der Waals surface area contributed by atoms with Crippen LogP contribution in [0.3, 0.4) is 0 Å². The van der Waals surface area contributed by atoms with Crippen molar-refractivity contribution in [2.45, 2.75) is 46.0 Å². The molecular formula is C23H30N4O2S. The molecule has 30 heavy (non-hydrogen) atoms. The lowest BCUT2D eigenvalue weighted by Crippen LogP contribution is -2.48. The number of piperazine rings is 1. The van der Waals surface area contributed by atoms with Gasteiger partial charge in [-0.1, -0.05) is 26.0 Å². The van der Waals surface area contributed by atoms with Gasteiger partial charge in [-0.25, -0.2) is 4.98 Å². The van der Waals surface area contributed by atoms with Crippen molar-refractivity contribution in [1.29, 1.82) is 0 Å². The minimum absolute atomic E-state index is 0.0110. The minimum Gasteiger partial charge on any atom is -0.345 e. The average molecular weight is 427 g/mol. The Labute approximate surface area is 182 Å². The Morgan fingerprint density at radius 2 is 1.97 bits per heavy atom. The average Bonchev–Trinajstić information content (AvgIpc) is 3.17. The fraction of sp³-hybridized carbons (Fsp3) is 0.522. The number of fused-ring (bicyclic) bond motifs is 1. The number of amides is 2. The molecule has 2 aliphatic rings. The van der Waals surface area contributed by atoms with E-state index in [1.165, 1.54) is 10.4 Å². The maximum atomic E-state index is 12.9. The predicted molar refractivity (Wildman–Crippen MR) is 121 cm³/mol. The van der Waals surface area contributed by atoms with Crippen LogP contribution in [0.1, 0.15) is 49.2 Å². The molecule has 0 spiro atoms. The summed E-state index contributed by atoms with van der Waals surface area (Å²) in [5, 5.41) is 4.16. The Hall–Kier alpha value is -2.41. The molecule has 1 atom stereocenters. The molecular weight excluding hydrogens is 396 g/mol. The van der Waals surface area contributed by atoms with E-state index in [0.717, 1.165) is 62.0 Å². The van der Waals surface area contributed by atoms with Gasteiger partial charge in [0.15, 0.2) is 5.13 Å². The fourth-order valence-electron chi connectivity index (χ4n) is 4.15. The molecule has 1 aromatic carbocycles. The molecule has 1 fully saturated rings. The molecule has 2 aromatic rings. The summed E-state index contributed by atoms with van der Waals surface area (Å²) in [6.45, 7) is 9.09. The van der Waals surface area contributed by atoms with Gasteiger partial charge >= 0.3 is 0 Å². The van der Waals surface area contributed by atoms with Gasteiger partial charge in [0.25, 0.3) is 0 Å². The second-order valence-corrected chi connectivity index (χ2v) is 9.63. The van der Waals surface area contributed by atoms with Crippen LogP contribution in [0.25, 0.3) is 0 Å². The van der Waals surface area contributed by atoms with Crippen LogP contribution in [0, 0.1) is 5.92 Å². The third kappa shape index (κ3) is 4.51. The summed E-state index contributed by atoms with van der Waals surface area (Å²) in [7, 11) is 0. The monoisotopic (exact) mass is 426 g/mol. The van der Waals surface area contributed by atoms with Crippen molar-refractivity contribution in [3.05, 3.63) is 40.4 Å². The molecule has 1 aliphatic carbocycles. The van der Waals surface area contributed by atoms with Gasteiger partial charge in [0.1, 0.15) is 0 Å². The third-order valence-electron chi connectivity index (χ3n) is 6.12. The van der Waals surface area contributed by atoms with Gasteiger partial charge in [-0.3, -0.25) is 9.59 Å². The van der Waals surface area contributed by atoms with Crippen molar-refractivity contribution >= 4 is 34.0 Å². The molecule has 0 radical (unpaired) electrons. The zero-order valence-electron chi connectivity index (χ0n) is 18.0. The first-order chi connectivity index (χ1) is 14.4. The number of carbonyl (C=O) groups is 2. The van der Waals surface area contributed by atoms with Crippen LogP contribution in [-0.4, -0.2) is 47.9 Å². The van der Waals surface area contributed by atoms with Crippen molar-refractivity contribution in [2.24, 2.45) is 5.92 Å². The first kappa shape index (κ1) is 20.8. The van der Waals surface area contributed by atoms with Gasteiger partial charge in [0.2, 0.25) is 11.8 Å². The summed E-state index contributed by atoms with van der Waals surface area (Å²) in [5.74, 6) is 0.669. The lowest BCUT2D eigenvalue weighted by atomic mass is 9.90. The normalized spacial score (nSPS) is 19.0. The topological polar surface area (TPSA) is 65.5 Å². The van der Waals surface area contributed by atoms with E-state index < -0.39 is 0 Å². The second-order valence-electron chi connectivity index (χ2n) is 8.57. The first-order valence-corrected chi connectivity index (χ1v) is 11.6. The molecule has 1 N–H and O–H groups in total. The van der Waals surface area contributed by atoms with E-state index in [9.17, 15) is 9.59 Å². The molecule has 4 rings (SSSR count). The predicted octanol–water partition coefficient (Wildman–Crippen LogP) is 3.68. The van der Waals surface area contributed by atoms with Crippen molar-refractivity contribution in [3.63, 3.8) is 0 Å². The highest BCUT2D eigenvalue weighted by Crippen LogP contribution is 2.35. The van der Waals surface area contributed by atoms with Gasteiger partial charge in [0.05, 0.1) is 5.69 Å². The Morgan fingerprint density at radius 1 is 1.20 bits per heavy atom. The Bertz CT molecular complexity index is 931. The van der Waals surface area contributed by atoms with E-state index >= 15 is 0 Å². The van der Waals surface area contributed by atoms with E-state index in [-0.39, 0.29) is 17.7 Å². The summed E-state index contributed by atoms with van der Waals surface area (Å²) in [4.78, 5) is 34.7. The zero-order valence-corrected chi connectivity index (χ0v) is 18.8. The van der Waals surface area contributed by atoms with Gasteiger partial charge < -0.3 is 15.1 Å². The molecule has 160 valence electrons. The molecule has 0 unspecified atom stereocenters. The Morgan fingerprint density at radius 3 is 2.67 bits per heavy atom. The highest BCUT2D eigenvalue weighted by molar-refractivity contribution is 7.15. The molecule has 1 aromatic heterocycles. The number of thiazole rings is 1. The lowest BCUT2D eigenvalue weighted by molar-refractivity contribution is -0.129. The Balaban J connectivity index is 1.39. The summed E-state index contributed by atoms with van der Waals surface area (Å²) < 4.78 is 0. The SMILES string of the molecule is CC(=O)N1CCN(c2nc3c(s2)C[C@H](C(=O)Nc2cccc(C(C)C)c2)CC3)CC1. The minimum atomic E-state index is -0.0110. The quantitative estimate of drug-likeness (QED) is 0.810. The van der Waals surface area contributed by atoms with Crippen LogP contribution in [-0.2, 0) is 22.4 Å². The largest absolute Gasteiger partial charge is 0.345 e. The zero-order chi connectivity index (χ0) is 21.3. The van der Waals surface area contributed by atoms with E-state index in [1.54, 1.807) is 18.3 Å². The summed E-state index contributed by atoms with van der Waals surface area (Å²) in [6.07, 6.45) is 2.45. The van der Waals surface area contributed by atoms with Gasteiger partial charge in [0, 0.05) is 49.6 Å². The van der Waals surface area contributed by atoms with Crippen LogP contribution in [0.5, 0.6) is 0 Å². The number of benzene rings is 1. The van der Waals surface area contributed by atoms with Crippen LogP contribution in [0.4, 0.5) is 10.8 Å². The Kier molecular flexibility index (Phi) is 6.09. The lowest BCUT2D eigenvalue weighted by Gasteiger charge is -2.33. The highest BCUT2D eigenvalue weighted by atomic mass is 32.1. The third-order valence-corrected chi connectivity index (χ3v) is 7.30. The van der Waals surface area contributed by atoms with Crippen molar-refractivity contribution in [1.82, 2.24) is 9.88 Å². The molecule has 2 amide bonds. The van der Waals surface area contributed by atoms with Crippen LogP contribution >= 0.6 is 11.3 Å². The van der Waals surface area contributed by atoms with Gasteiger partial charge in [-0.15, -0.1) is 11.3 Å². The van der Waals surface area contributed by atoms with Crippen LogP contribution in [0.2, 0.25) is 0 Å².